The smallest absolute Gasteiger partial charge is 0.444 e. The highest BCUT2D eigenvalue weighted by Gasteiger charge is 2.31. The monoisotopic (exact) mass is 416 g/mol. The van der Waals surface area contributed by atoms with Crippen LogP contribution >= 0.6 is 23.2 Å². The average molecular weight is 417 g/mol. The first-order valence-electron chi connectivity index (χ1n) is 7.76. The molecule has 1 aromatic heterocycles. The Morgan fingerprint density at radius 1 is 1.07 bits per heavy atom. The van der Waals surface area contributed by atoms with Gasteiger partial charge in [0.05, 0.1) is 16.3 Å². The maximum atomic E-state index is 12.4. The van der Waals surface area contributed by atoms with Gasteiger partial charge in [0, 0.05) is 23.7 Å². The average Bonchev–Trinajstić information content (AvgIpc) is 3.03. The molecular weight excluding hydrogens is 404 g/mol. The predicted molar refractivity (Wildman–Crippen MR) is 95.6 cm³/mol. The highest BCUT2D eigenvalue weighted by atomic mass is 35.5. The van der Waals surface area contributed by atoms with Gasteiger partial charge in [-0.2, -0.15) is 0 Å². The van der Waals surface area contributed by atoms with Crippen LogP contribution in [0.4, 0.5) is 13.2 Å². The molecule has 0 unspecified atom stereocenters. The molecule has 0 fully saturated rings. The molecule has 0 aliphatic carbocycles. The number of rotatable bonds is 6. The van der Waals surface area contributed by atoms with Gasteiger partial charge in [-0.1, -0.05) is 41.4 Å². The molecule has 0 saturated carbocycles. The molecule has 0 saturated heterocycles. The summed E-state index contributed by atoms with van der Waals surface area (Å²) in [4.78, 5) is 4.32. The van der Waals surface area contributed by atoms with Gasteiger partial charge >= 0.3 is 6.36 Å². The minimum atomic E-state index is -4.74. The molecule has 1 N–H and O–H groups in total. The topological polar surface area (TPSA) is 47.3 Å². The molecule has 0 aliphatic heterocycles. The maximum absolute atomic E-state index is 12.4. The summed E-state index contributed by atoms with van der Waals surface area (Å²) in [6, 6.07) is 10.9. The number of ether oxygens (including phenoxy) is 1. The summed E-state index contributed by atoms with van der Waals surface area (Å²) in [5, 5.41) is 3.91. The Kier molecular flexibility index (Phi) is 5.94. The zero-order valence-electron chi connectivity index (χ0n) is 13.7. The molecule has 0 radical (unpaired) electrons. The van der Waals surface area contributed by atoms with Crippen molar-refractivity contribution in [2.24, 2.45) is 0 Å². The first-order chi connectivity index (χ1) is 12.8. The highest BCUT2D eigenvalue weighted by Crippen LogP contribution is 2.30. The molecule has 0 atom stereocenters. The Hall–Kier alpha value is -2.22. The van der Waals surface area contributed by atoms with Gasteiger partial charge in [-0.25, -0.2) is 4.98 Å². The number of hydrogen-bond donors (Lipinski definition) is 1. The molecule has 142 valence electrons. The van der Waals surface area contributed by atoms with Crippen LogP contribution in [0.15, 0.2) is 53.1 Å². The summed E-state index contributed by atoms with van der Waals surface area (Å²) in [5.74, 6) is 0.0839. The summed E-state index contributed by atoms with van der Waals surface area (Å²) in [7, 11) is 0. The maximum Gasteiger partial charge on any atom is 0.573 e. The van der Waals surface area contributed by atoms with Crippen LogP contribution in [0, 0.1) is 0 Å². The Bertz CT molecular complexity index is 929. The first kappa shape index (κ1) is 19.5. The molecule has 2 aromatic carbocycles. The van der Waals surface area contributed by atoms with E-state index in [9.17, 15) is 13.2 Å². The van der Waals surface area contributed by atoms with Crippen molar-refractivity contribution in [3.05, 3.63) is 70.0 Å². The molecular formula is C18H13Cl2F3N2O2. The van der Waals surface area contributed by atoms with Crippen LogP contribution in [0.1, 0.15) is 11.3 Å². The molecule has 9 heteroatoms. The number of nitrogens with one attached hydrogen (secondary N) is 1. The zero-order chi connectivity index (χ0) is 19.4. The second kappa shape index (κ2) is 8.21. The Morgan fingerprint density at radius 3 is 2.59 bits per heavy atom. The SMILES string of the molecule is FC(F)(F)Oc1ccccc1CNCc1coc(-c2ccc(Cl)cc2Cl)n1. The van der Waals surface area contributed by atoms with E-state index in [2.05, 4.69) is 15.0 Å². The lowest BCUT2D eigenvalue weighted by atomic mass is 10.2. The quantitative estimate of drug-likeness (QED) is 0.548. The molecule has 4 nitrogen and oxygen atoms in total. The van der Waals surface area contributed by atoms with E-state index >= 15 is 0 Å². The van der Waals surface area contributed by atoms with Crippen molar-refractivity contribution in [1.82, 2.24) is 10.3 Å². The molecule has 0 aliphatic rings. The second-order valence-electron chi connectivity index (χ2n) is 5.53. The number of aromatic nitrogens is 1. The number of halogens is 5. The number of para-hydroxylation sites is 1. The van der Waals surface area contributed by atoms with Crippen molar-refractivity contribution in [2.45, 2.75) is 19.5 Å². The van der Waals surface area contributed by atoms with E-state index in [0.717, 1.165) is 0 Å². The Labute approximate surface area is 162 Å². The third-order valence-corrected chi connectivity index (χ3v) is 4.08. The number of alkyl halides is 3. The van der Waals surface area contributed by atoms with E-state index in [1.807, 2.05) is 0 Å². The molecule has 3 aromatic rings. The van der Waals surface area contributed by atoms with Crippen LogP contribution in [0.5, 0.6) is 5.75 Å². The van der Waals surface area contributed by atoms with Gasteiger partial charge in [-0.05, 0) is 24.3 Å². The van der Waals surface area contributed by atoms with Gasteiger partial charge in [0.25, 0.3) is 0 Å². The van der Waals surface area contributed by atoms with Crippen LogP contribution in [0.3, 0.4) is 0 Å². The first-order valence-corrected chi connectivity index (χ1v) is 8.51. The number of benzene rings is 2. The number of hydrogen-bond acceptors (Lipinski definition) is 4. The third kappa shape index (κ3) is 5.38. The van der Waals surface area contributed by atoms with Crippen molar-refractivity contribution in [2.75, 3.05) is 0 Å². The lowest BCUT2D eigenvalue weighted by molar-refractivity contribution is -0.274. The van der Waals surface area contributed by atoms with Gasteiger partial charge in [-0.15, -0.1) is 13.2 Å². The standard InChI is InChI=1S/C18H13Cl2F3N2O2/c19-12-5-6-14(15(20)7-12)17-25-13(10-26-17)9-24-8-11-3-1-2-4-16(11)27-18(21,22)23/h1-7,10,24H,8-9H2. The summed E-state index contributed by atoms with van der Waals surface area (Å²) in [6.45, 7) is 0.450. The van der Waals surface area contributed by atoms with Crippen LogP contribution in [0.25, 0.3) is 11.5 Å². The van der Waals surface area contributed by atoms with E-state index in [1.54, 1.807) is 30.3 Å². The zero-order valence-corrected chi connectivity index (χ0v) is 15.2. The van der Waals surface area contributed by atoms with Gasteiger partial charge in [0.15, 0.2) is 0 Å². The van der Waals surface area contributed by atoms with E-state index < -0.39 is 6.36 Å². The molecule has 0 amide bonds. The fourth-order valence-electron chi connectivity index (χ4n) is 2.37. The number of nitrogens with zero attached hydrogens (tertiary/aromatic N) is 1. The molecule has 0 spiro atoms. The van der Waals surface area contributed by atoms with Crippen LogP contribution in [-0.2, 0) is 13.1 Å². The van der Waals surface area contributed by atoms with Crippen LogP contribution < -0.4 is 10.1 Å². The summed E-state index contributed by atoms with van der Waals surface area (Å²) < 4.78 is 46.8. The largest absolute Gasteiger partial charge is 0.573 e. The predicted octanol–water partition coefficient (Wildman–Crippen LogP) is 5.84. The Balaban J connectivity index is 1.63. The molecule has 3 rings (SSSR count). The van der Waals surface area contributed by atoms with E-state index in [4.69, 9.17) is 27.6 Å². The summed E-state index contributed by atoms with van der Waals surface area (Å²) in [6.07, 6.45) is -3.29. The lowest BCUT2D eigenvalue weighted by Gasteiger charge is -2.13. The molecule has 0 bridgehead atoms. The van der Waals surface area contributed by atoms with Gasteiger partial charge < -0.3 is 14.5 Å². The Morgan fingerprint density at radius 2 is 1.85 bits per heavy atom. The normalized spacial score (nSPS) is 11.6. The van der Waals surface area contributed by atoms with Gasteiger partial charge in [0.2, 0.25) is 5.89 Å². The van der Waals surface area contributed by atoms with E-state index in [1.165, 1.54) is 18.4 Å². The lowest BCUT2D eigenvalue weighted by Crippen LogP contribution is -2.20. The summed E-state index contributed by atoms with van der Waals surface area (Å²) in [5.41, 5.74) is 1.54. The van der Waals surface area contributed by atoms with Crippen molar-refractivity contribution < 1.29 is 22.3 Å². The van der Waals surface area contributed by atoms with Crippen molar-refractivity contribution in [1.29, 1.82) is 0 Å². The van der Waals surface area contributed by atoms with E-state index in [-0.39, 0.29) is 18.8 Å². The molecule has 27 heavy (non-hydrogen) atoms. The van der Waals surface area contributed by atoms with Crippen molar-refractivity contribution >= 4 is 23.2 Å². The minimum absolute atomic E-state index is 0.163. The van der Waals surface area contributed by atoms with Crippen LogP contribution in [0.2, 0.25) is 10.0 Å². The van der Waals surface area contributed by atoms with Gasteiger partial charge in [0.1, 0.15) is 12.0 Å². The minimum Gasteiger partial charge on any atom is -0.444 e. The van der Waals surface area contributed by atoms with Gasteiger partial charge in [-0.3, -0.25) is 0 Å². The van der Waals surface area contributed by atoms with Crippen molar-refractivity contribution in [3.8, 4) is 17.2 Å². The fraction of sp³-hybridized carbons (Fsp3) is 0.167. The number of oxazole rings is 1. The fourth-order valence-corrected chi connectivity index (χ4v) is 2.86. The second-order valence-corrected chi connectivity index (χ2v) is 6.37. The molecule has 1 heterocycles. The van der Waals surface area contributed by atoms with E-state index in [0.29, 0.717) is 32.8 Å². The third-order valence-electron chi connectivity index (χ3n) is 3.53. The highest BCUT2D eigenvalue weighted by molar-refractivity contribution is 6.36. The summed E-state index contributed by atoms with van der Waals surface area (Å²) >= 11 is 12.0. The van der Waals surface area contributed by atoms with Crippen molar-refractivity contribution in [3.63, 3.8) is 0 Å². The van der Waals surface area contributed by atoms with Crippen LogP contribution in [-0.4, -0.2) is 11.3 Å².